The molecule has 0 saturated carbocycles. The van der Waals surface area contributed by atoms with Crippen LogP contribution in [0.2, 0.25) is 0 Å². The summed E-state index contributed by atoms with van der Waals surface area (Å²) in [5, 5.41) is 0.813. The first-order valence-electron chi connectivity index (χ1n) is 11.6. The van der Waals surface area contributed by atoms with Gasteiger partial charge in [-0.3, -0.25) is 4.79 Å². The molecule has 2 aliphatic rings. The van der Waals surface area contributed by atoms with Crippen LogP contribution in [0.15, 0.2) is 59.5 Å². The van der Waals surface area contributed by atoms with E-state index < -0.39 is 10.0 Å². The zero-order chi connectivity index (χ0) is 24.4. The van der Waals surface area contributed by atoms with Crippen LogP contribution < -0.4 is 9.64 Å². The van der Waals surface area contributed by atoms with Gasteiger partial charge in [-0.1, -0.05) is 18.2 Å². The van der Waals surface area contributed by atoms with E-state index in [1.165, 1.54) is 4.31 Å². The molecule has 0 spiro atoms. The zero-order valence-electron chi connectivity index (χ0n) is 19.6. The maximum absolute atomic E-state index is 13.4. The molecule has 3 heterocycles. The van der Waals surface area contributed by atoms with Gasteiger partial charge in [0.1, 0.15) is 11.6 Å². The fourth-order valence-electron chi connectivity index (χ4n) is 4.49. The number of methoxy groups -OCH3 is 1. The predicted octanol–water partition coefficient (Wildman–Crippen LogP) is 2.23. The Morgan fingerprint density at radius 1 is 0.943 bits per heavy atom. The lowest BCUT2D eigenvalue weighted by molar-refractivity contribution is 0.0304. The van der Waals surface area contributed by atoms with Crippen molar-refractivity contribution in [3.63, 3.8) is 0 Å². The molecule has 0 N–H and O–H groups in total. The molecule has 2 fully saturated rings. The number of hydrogen-bond donors (Lipinski definition) is 0. The van der Waals surface area contributed by atoms with Crippen LogP contribution in [0.3, 0.4) is 0 Å². The summed E-state index contributed by atoms with van der Waals surface area (Å²) in [6.07, 6.45) is 0. The van der Waals surface area contributed by atoms with E-state index in [-0.39, 0.29) is 10.8 Å². The lowest BCUT2D eigenvalue weighted by Gasteiger charge is -2.35. The number of aromatic nitrogens is 1. The number of pyridine rings is 1. The maximum Gasteiger partial charge on any atom is 0.254 e. The van der Waals surface area contributed by atoms with Crippen LogP contribution >= 0.6 is 0 Å². The van der Waals surface area contributed by atoms with E-state index in [1.54, 1.807) is 31.4 Å². The lowest BCUT2D eigenvalue weighted by atomic mass is 10.1. The first-order chi connectivity index (χ1) is 17.0. The Morgan fingerprint density at radius 2 is 1.63 bits per heavy atom. The normalized spacial score (nSPS) is 17.5. The number of rotatable bonds is 5. The summed E-state index contributed by atoms with van der Waals surface area (Å²) in [6, 6.07) is 15.9. The van der Waals surface area contributed by atoms with Crippen LogP contribution in [0.1, 0.15) is 10.4 Å². The third-order valence-corrected chi connectivity index (χ3v) is 8.40. The van der Waals surface area contributed by atoms with E-state index in [4.69, 9.17) is 14.5 Å². The quantitative estimate of drug-likeness (QED) is 0.535. The Morgan fingerprint density at radius 3 is 2.31 bits per heavy atom. The average Bonchev–Trinajstić information content (AvgIpc) is 2.92. The summed E-state index contributed by atoms with van der Waals surface area (Å²) in [4.78, 5) is 22.3. The minimum atomic E-state index is -3.61. The molecule has 184 valence electrons. The number of carbonyl (C=O) groups excluding carboxylic acids is 1. The summed E-state index contributed by atoms with van der Waals surface area (Å²) < 4.78 is 38.2. The molecule has 2 saturated heterocycles. The molecular weight excluding hydrogens is 468 g/mol. The van der Waals surface area contributed by atoms with E-state index in [2.05, 4.69) is 0 Å². The number of sulfonamides is 1. The fraction of sp³-hybridized carbons (Fsp3) is 0.360. The van der Waals surface area contributed by atoms with Crippen molar-refractivity contribution in [2.45, 2.75) is 4.90 Å². The minimum absolute atomic E-state index is 0.0335. The molecule has 0 radical (unpaired) electrons. The first-order valence-corrected chi connectivity index (χ1v) is 13.1. The number of amides is 1. The van der Waals surface area contributed by atoms with Gasteiger partial charge < -0.3 is 19.3 Å². The Kier molecular flexibility index (Phi) is 6.59. The third-order valence-electron chi connectivity index (χ3n) is 6.49. The molecule has 1 aromatic heterocycles. The van der Waals surface area contributed by atoms with E-state index in [0.29, 0.717) is 69.6 Å². The average molecular weight is 497 g/mol. The van der Waals surface area contributed by atoms with Crippen LogP contribution in [-0.2, 0) is 14.8 Å². The molecule has 35 heavy (non-hydrogen) atoms. The van der Waals surface area contributed by atoms with E-state index in [9.17, 15) is 13.2 Å². The van der Waals surface area contributed by atoms with E-state index in [0.717, 1.165) is 10.9 Å². The first kappa shape index (κ1) is 23.5. The van der Waals surface area contributed by atoms with Crippen molar-refractivity contribution in [1.29, 1.82) is 0 Å². The molecule has 5 rings (SSSR count). The Labute approximate surface area is 204 Å². The second kappa shape index (κ2) is 9.80. The highest BCUT2D eigenvalue weighted by Gasteiger charge is 2.30. The largest absolute Gasteiger partial charge is 0.497 e. The molecule has 3 aromatic rings. The summed E-state index contributed by atoms with van der Waals surface area (Å²) in [6.45, 7) is 3.81. The minimum Gasteiger partial charge on any atom is -0.497 e. The maximum atomic E-state index is 13.4. The molecule has 0 bridgehead atoms. The SMILES string of the molecule is COc1ccc(S(=O)(=O)N2CCN(c3cc(C(=O)N4CCOCC4)c4ccccc4n3)CC2)cc1. The molecular formula is C25H28N4O5S. The van der Waals surface area contributed by atoms with Crippen molar-refractivity contribution < 1.29 is 22.7 Å². The summed E-state index contributed by atoms with van der Waals surface area (Å²) in [5.41, 5.74) is 1.36. The number of hydrogen-bond acceptors (Lipinski definition) is 7. The lowest BCUT2D eigenvalue weighted by Crippen LogP contribution is -2.49. The van der Waals surface area contributed by atoms with Gasteiger partial charge in [0.05, 0.1) is 36.3 Å². The summed E-state index contributed by atoms with van der Waals surface area (Å²) in [5.74, 6) is 1.26. The van der Waals surface area contributed by atoms with Crippen LogP contribution in [0.4, 0.5) is 5.82 Å². The standard InChI is InChI=1S/C25H28N4O5S/c1-33-19-6-8-20(9-7-19)35(31,32)29-12-10-27(11-13-29)24-18-22(21-4-2-3-5-23(21)26-24)25(30)28-14-16-34-17-15-28/h2-9,18H,10-17H2,1H3. The van der Waals surface area contributed by atoms with Gasteiger partial charge in [0, 0.05) is 44.7 Å². The number of ether oxygens (including phenoxy) is 2. The predicted molar refractivity (Wildman–Crippen MR) is 132 cm³/mol. The molecule has 9 nitrogen and oxygen atoms in total. The molecule has 2 aliphatic heterocycles. The Bertz CT molecular complexity index is 1320. The third kappa shape index (κ3) is 4.69. The number of nitrogens with zero attached hydrogens (tertiary/aromatic N) is 4. The highest BCUT2D eigenvalue weighted by molar-refractivity contribution is 7.89. The molecule has 10 heteroatoms. The van der Waals surface area contributed by atoms with Gasteiger partial charge in [0.2, 0.25) is 10.0 Å². The number of morpholine rings is 1. The molecule has 0 atom stereocenters. The summed E-state index contributed by atoms with van der Waals surface area (Å²) in [7, 11) is -2.06. The number of anilines is 1. The highest BCUT2D eigenvalue weighted by atomic mass is 32.2. The second-order valence-electron chi connectivity index (χ2n) is 8.52. The van der Waals surface area contributed by atoms with Gasteiger partial charge in [-0.05, 0) is 36.4 Å². The van der Waals surface area contributed by atoms with Crippen molar-refractivity contribution in [2.75, 3.05) is 64.5 Å². The molecule has 0 unspecified atom stereocenters. The second-order valence-corrected chi connectivity index (χ2v) is 10.5. The van der Waals surface area contributed by atoms with Gasteiger partial charge in [-0.15, -0.1) is 0 Å². The van der Waals surface area contributed by atoms with E-state index in [1.807, 2.05) is 40.1 Å². The summed E-state index contributed by atoms with van der Waals surface area (Å²) >= 11 is 0. The van der Waals surface area contributed by atoms with Crippen molar-refractivity contribution in [2.24, 2.45) is 0 Å². The van der Waals surface area contributed by atoms with Crippen LogP contribution in [0, 0.1) is 0 Å². The van der Waals surface area contributed by atoms with Crippen LogP contribution in [0.25, 0.3) is 10.9 Å². The fourth-order valence-corrected chi connectivity index (χ4v) is 5.91. The van der Waals surface area contributed by atoms with Gasteiger partial charge in [0.15, 0.2) is 0 Å². The van der Waals surface area contributed by atoms with Crippen molar-refractivity contribution in [3.05, 3.63) is 60.2 Å². The number of para-hydroxylation sites is 1. The molecule has 1 amide bonds. The molecule has 0 aliphatic carbocycles. The number of fused-ring (bicyclic) bond motifs is 1. The zero-order valence-corrected chi connectivity index (χ0v) is 20.4. The monoisotopic (exact) mass is 496 g/mol. The number of benzene rings is 2. The van der Waals surface area contributed by atoms with Crippen LogP contribution in [-0.4, -0.2) is 88.1 Å². The Hall–Kier alpha value is -3.21. The van der Waals surface area contributed by atoms with E-state index >= 15 is 0 Å². The highest BCUT2D eigenvalue weighted by Crippen LogP contribution is 2.27. The Balaban J connectivity index is 1.37. The van der Waals surface area contributed by atoms with Crippen molar-refractivity contribution >= 4 is 32.7 Å². The van der Waals surface area contributed by atoms with Crippen molar-refractivity contribution in [1.82, 2.24) is 14.2 Å². The molecule has 2 aromatic carbocycles. The van der Waals surface area contributed by atoms with Gasteiger partial charge >= 0.3 is 0 Å². The van der Waals surface area contributed by atoms with Gasteiger partial charge in [-0.25, -0.2) is 13.4 Å². The smallest absolute Gasteiger partial charge is 0.254 e. The number of carbonyl (C=O) groups is 1. The van der Waals surface area contributed by atoms with Crippen molar-refractivity contribution in [3.8, 4) is 5.75 Å². The van der Waals surface area contributed by atoms with Gasteiger partial charge in [-0.2, -0.15) is 4.31 Å². The number of piperazine rings is 1. The van der Waals surface area contributed by atoms with Crippen LogP contribution in [0.5, 0.6) is 5.75 Å². The topological polar surface area (TPSA) is 92.3 Å². The van der Waals surface area contributed by atoms with Gasteiger partial charge in [0.25, 0.3) is 5.91 Å².